The van der Waals surface area contributed by atoms with E-state index in [1.807, 2.05) is 0 Å². The van der Waals surface area contributed by atoms with Gasteiger partial charge in [0, 0.05) is 0 Å². The summed E-state index contributed by atoms with van der Waals surface area (Å²) in [7, 11) is 0. The molecule has 0 aliphatic rings. The third kappa shape index (κ3) is 5.76. The Hall–Kier alpha value is -3.64. The zero-order chi connectivity index (χ0) is 34.7. The fourth-order valence-electron chi connectivity index (χ4n) is 7.79. The first-order valence-corrected chi connectivity index (χ1v) is 26.0. The fraction of sp³-hybridized carbons (Fsp3) is 0.0870. The van der Waals surface area contributed by atoms with Crippen molar-refractivity contribution in [3.63, 3.8) is 0 Å². The van der Waals surface area contributed by atoms with Gasteiger partial charge >= 0.3 is 316 Å². The number of halogens is 2. The Morgan fingerprint density at radius 3 is 0.680 bits per heavy atom. The van der Waals surface area contributed by atoms with Crippen LogP contribution in [0.15, 0.2) is 194 Å². The van der Waals surface area contributed by atoms with Crippen LogP contribution in [0.2, 0.25) is 0 Å². The molecule has 0 unspecified atom stereocenters. The van der Waals surface area contributed by atoms with E-state index < -0.39 is 10.6 Å². The van der Waals surface area contributed by atoms with Crippen LogP contribution in [0.3, 0.4) is 0 Å². The Balaban J connectivity index is 1.44. The van der Waals surface area contributed by atoms with Gasteiger partial charge in [0.05, 0.1) is 0 Å². The van der Waals surface area contributed by atoms with Crippen molar-refractivity contribution in [2.45, 2.75) is 26.2 Å². The molecule has 0 atom stereocenters. The van der Waals surface area contributed by atoms with Crippen molar-refractivity contribution in [3.05, 3.63) is 216 Å². The van der Waals surface area contributed by atoms with Crippen LogP contribution < -0.4 is 31.8 Å². The number of benzene rings is 7. The fourth-order valence-corrected chi connectivity index (χ4v) is 23.3. The van der Waals surface area contributed by atoms with Gasteiger partial charge in [-0.15, -0.1) is 0 Å². The van der Waals surface area contributed by atoms with Crippen LogP contribution >= 0.6 is 41.6 Å². The van der Waals surface area contributed by atoms with Crippen molar-refractivity contribution >= 4 is 73.4 Å². The maximum atomic E-state index is 4.71. The summed E-state index contributed by atoms with van der Waals surface area (Å²) in [6, 6.07) is 71.7. The van der Waals surface area contributed by atoms with Gasteiger partial charge in [-0.25, -0.2) is 0 Å². The summed E-state index contributed by atoms with van der Waals surface area (Å²) >= 11 is 9.42. The molecule has 7 aromatic carbocycles. The Morgan fingerprint density at radius 1 is 0.320 bits per heavy atom. The van der Waals surface area contributed by atoms with Crippen molar-refractivity contribution in [2.75, 3.05) is 0 Å². The van der Waals surface area contributed by atoms with Gasteiger partial charge in [-0.05, 0) is 0 Å². The van der Waals surface area contributed by atoms with Crippen LogP contribution in [-0.4, -0.2) is 0 Å². The summed E-state index contributed by atoms with van der Waals surface area (Å²) in [6.07, 6.45) is 1.73. The molecule has 0 fully saturated rings. The predicted molar refractivity (Wildman–Crippen MR) is 231 cm³/mol. The molecule has 50 heavy (non-hydrogen) atoms. The van der Waals surface area contributed by atoms with E-state index in [9.17, 15) is 0 Å². The van der Waals surface area contributed by atoms with Gasteiger partial charge in [0.15, 0.2) is 0 Å². The first-order valence-electron chi connectivity index (χ1n) is 17.1. The molecule has 0 aliphatic carbocycles. The minimum atomic E-state index is -3.17. The molecule has 0 bridgehead atoms. The van der Waals surface area contributed by atoms with Gasteiger partial charge < -0.3 is 0 Å². The third-order valence-electron chi connectivity index (χ3n) is 10.5. The standard InChI is InChI=1S/C46H42Br2P2/c1-37-33-40(36-50(48,44-27-15-6-16-28-44,45-29-17-7-18-30-45)46-31-19-8-20-32-46)38(2)34-39(37)35-49(47,41-21-9-3-10-22-41,42-23-11-4-12-24-42)43-25-13-5-14-26-43/h3-34H,35-36H2,1-2H3. The molecular formula is C46H42Br2P2. The predicted octanol–water partition coefficient (Wildman–Crippen LogP) is 11.0. The number of hydrogen-bond acceptors (Lipinski definition) is 0. The number of aryl methyl sites for hydroxylation is 2. The molecule has 0 N–H and O–H groups in total. The molecule has 4 heteroatoms. The average molecular weight is 817 g/mol. The van der Waals surface area contributed by atoms with Crippen molar-refractivity contribution < 1.29 is 0 Å². The summed E-state index contributed by atoms with van der Waals surface area (Å²) < 4.78 is 0. The monoisotopic (exact) mass is 814 g/mol. The van der Waals surface area contributed by atoms with Crippen molar-refractivity contribution in [2.24, 2.45) is 0 Å². The first kappa shape index (κ1) is 34.8. The Bertz CT molecular complexity index is 1850. The molecule has 0 saturated heterocycles. The van der Waals surface area contributed by atoms with Crippen LogP contribution in [0.4, 0.5) is 0 Å². The number of hydrogen-bond donors (Lipinski definition) is 0. The van der Waals surface area contributed by atoms with Gasteiger partial charge in [-0.1, -0.05) is 0 Å². The second-order valence-corrected chi connectivity index (χ2v) is 31.3. The normalized spacial score (nSPS) is 13.4. The molecule has 7 rings (SSSR count). The van der Waals surface area contributed by atoms with Crippen LogP contribution in [0.5, 0.6) is 0 Å². The first-order chi connectivity index (χ1) is 24.2. The van der Waals surface area contributed by atoms with E-state index in [1.54, 1.807) is 0 Å². The van der Waals surface area contributed by atoms with Gasteiger partial charge in [-0.2, -0.15) is 0 Å². The molecule has 250 valence electrons. The molecule has 0 nitrogen and oxygen atoms in total. The van der Waals surface area contributed by atoms with Crippen LogP contribution in [0.1, 0.15) is 22.3 Å². The molecule has 0 saturated carbocycles. The van der Waals surface area contributed by atoms with Crippen molar-refractivity contribution in [1.82, 2.24) is 0 Å². The number of rotatable bonds is 10. The summed E-state index contributed by atoms with van der Waals surface area (Å²) in [4.78, 5) is 0. The second-order valence-electron chi connectivity index (χ2n) is 13.4. The topological polar surface area (TPSA) is 0 Å². The molecule has 0 aliphatic heterocycles. The molecule has 0 amide bonds. The van der Waals surface area contributed by atoms with Crippen LogP contribution in [0, 0.1) is 13.8 Å². The molecule has 0 aromatic heterocycles. The zero-order valence-corrected chi connectivity index (χ0v) is 33.5. The quantitative estimate of drug-likeness (QED) is 0.121. The van der Waals surface area contributed by atoms with Crippen LogP contribution in [-0.2, 0) is 12.3 Å². The summed E-state index contributed by atoms with van der Waals surface area (Å²) in [5.74, 6) is 0. The van der Waals surface area contributed by atoms with E-state index in [0.29, 0.717) is 0 Å². The summed E-state index contributed by atoms with van der Waals surface area (Å²) in [5, 5.41) is 1.65. The second kappa shape index (κ2) is 13.8. The van der Waals surface area contributed by atoms with Gasteiger partial charge in [0.25, 0.3) is 0 Å². The average Bonchev–Trinajstić information content (AvgIpc) is 3.19. The Labute approximate surface area is 314 Å². The third-order valence-corrected chi connectivity index (χ3v) is 29.5. The molecule has 0 radical (unpaired) electrons. The van der Waals surface area contributed by atoms with Crippen molar-refractivity contribution in [3.8, 4) is 0 Å². The SMILES string of the molecule is Cc1cc(CP(Br)(c2ccccc2)(c2ccccc2)c2ccccc2)c(C)cc1CP(Br)(c1ccccc1)(c1ccccc1)c1ccccc1. The Morgan fingerprint density at radius 2 is 0.500 bits per heavy atom. The van der Waals surface area contributed by atoms with Crippen LogP contribution in [0.25, 0.3) is 0 Å². The van der Waals surface area contributed by atoms with E-state index in [1.165, 1.54) is 54.1 Å². The summed E-state index contributed by atoms with van der Waals surface area (Å²) in [5.41, 5.74) is 5.36. The van der Waals surface area contributed by atoms with Gasteiger partial charge in [-0.3, -0.25) is 0 Å². The van der Waals surface area contributed by atoms with E-state index in [2.05, 4.69) is 208 Å². The molecule has 0 heterocycles. The Kier molecular flexibility index (Phi) is 9.62. The van der Waals surface area contributed by atoms with Gasteiger partial charge in [0.2, 0.25) is 0 Å². The maximum absolute atomic E-state index is 4.71. The van der Waals surface area contributed by atoms with E-state index in [-0.39, 0.29) is 0 Å². The summed E-state index contributed by atoms with van der Waals surface area (Å²) in [6.45, 7) is 4.62. The molecule has 7 aromatic rings. The van der Waals surface area contributed by atoms with Gasteiger partial charge in [0.1, 0.15) is 0 Å². The van der Waals surface area contributed by atoms with Crippen molar-refractivity contribution in [1.29, 1.82) is 0 Å². The minimum absolute atomic E-state index is 0.866. The molecular weight excluding hydrogens is 774 g/mol. The molecule has 0 spiro atoms. The van der Waals surface area contributed by atoms with E-state index in [4.69, 9.17) is 31.0 Å². The van der Waals surface area contributed by atoms with E-state index in [0.717, 1.165) is 12.3 Å². The van der Waals surface area contributed by atoms with E-state index >= 15 is 0 Å². The zero-order valence-electron chi connectivity index (χ0n) is 28.5.